The van der Waals surface area contributed by atoms with Gasteiger partial charge in [-0.1, -0.05) is 60.7 Å². The average Bonchev–Trinajstić information content (AvgIpc) is 3.39. The summed E-state index contributed by atoms with van der Waals surface area (Å²) in [5.74, 6) is -0.432. The van der Waals surface area contributed by atoms with Crippen LogP contribution < -0.4 is 5.32 Å². The van der Waals surface area contributed by atoms with Crippen LogP contribution in [0.2, 0.25) is 0 Å². The fourth-order valence-electron chi connectivity index (χ4n) is 3.91. The van der Waals surface area contributed by atoms with E-state index in [1.165, 1.54) is 12.1 Å². The highest BCUT2D eigenvalue weighted by molar-refractivity contribution is 8.18. The Kier molecular flexibility index (Phi) is 5.57. The average molecular weight is 468 g/mol. The van der Waals surface area contributed by atoms with Crippen molar-refractivity contribution in [2.45, 2.75) is 0 Å². The molecule has 34 heavy (non-hydrogen) atoms. The summed E-state index contributed by atoms with van der Waals surface area (Å²) >= 11 is 0.862. The summed E-state index contributed by atoms with van der Waals surface area (Å²) in [6.45, 7) is 0. The quantitative estimate of drug-likeness (QED) is 0.219. The molecule has 1 N–H and O–H groups in total. The number of carbonyl (C=O) groups is 2. The monoisotopic (exact) mass is 467 g/mol. The molecule has 4 aromatic rings. The van der Waals surface area contributed by atoms with E-state index in [2.05, 4.69) is 5.32 Å². The Hall–Kier alpha value is -4.43. The predicted octanol–water partition coefficient (Wildman–Crippen LogP) is 6.04. The SMILES string of the molecule is O=C1NC(=O)/C(=C\c2cc(-c3ccccc3)n(-c3ccc([N+](=O)[O-])cc3)c2-c2ccccc2)S1. The third-order valence-corrected chi connectivity index (χ3v) is 6.20. The van der Waals surface area contributed by atoms with Crippen LogP contribution in [0, 0.1) is 10.1 Å². The molecule has 2 amide bonds. The van der Waals surface area contributed by atoms with Gasteiger partial charge in [-0.3, -0.25) is 25.0 Å². The van der Waals surface area contributed by atoms with Crippen molar-refractivity contribution >= 4 is 34.7 Å². The van der Waals surface area contributed by atoms with Crippen LogP contribution in [0.3, 0.4) is 0 Å². The van der Waals surface area contributed by atoms with E-state index in [1.54, 1.807) is 18.2 Å². The summed E-state index contributed by atoms with van der Waals surface area (Å²) in [7, 11) is 0. The van der Waals surface area contributed by atoms with Crippen LogP contribution in [0.15, 0.2) is 95.9 Å². The molecule has 1 fully saturated rings. The van der Waals surface area contributed by atoms with Gasteiger partial charge >= 0.3 is 0 Å². The first-order chi connectivity index (χ1) is 16.5. The molecule has 1 saturated heterocycles. The molecule has 0 unspecified atom stereocenters. The number of rotatable bonds is 5. The van der Waals surface area contributed by atoms with Crippen molar-refractivity contribution in [3.05, 3.63) is 112 Å². The molecule has 1 aromatic heterocycles. The standard InChI is InChI=1S/C26H17N3O4S/c30-25-23(34-26(31)27-25)16-19-15-22(17-7-3-1-4-8-17)28(24(19)18-9-5-2-6-10-18)20-11-13-21(14-12-20)29(32)33/h1-16H,(H,27,30,31)/b23-16+. The highest BCUT2D eigenvalue weighted by Gasteiger charge is 2.27. The predicted molar refractivity (Wildman–Crippen MR) is 132 cm³/mol. The minimum absolute atomic E-state index is 0.00157. The normalized spacial score (nSPS) is 14.4. The molecule has 0 atom stereocenters. The van der Waals surface area contributed by atoms with E-state index in [-0.39, 0.29) is 5.69 Å². The third kappa shape index (κ3) is 4.02. The Labute approximate surface area is 198 Å². The lowest BCUT2D eigenvalue weighted by Crippen LogP contribution is -2.17. The second-order valence-electron chi connectivity index (χ2n) is 7.53. The van der Waals surface area contributed by atoms with Crippen molar-refractivity contribution in [2.24, 2.45) is 0 Å². The molecule has 0 bridgehead atoms. The molecule has 3 aromatic carbocycles. The molecular formula is C26H17N3O4S. The fraction of sp³-hybridized carbons (Fsp3) is 0. The molecule has 166 valence electrons. The Balaban J connectivity index is 1.81. The van der Waals surface area contributed by atoms with Crippen molar-refractivity contribution in [1.82, 2.24) is 9.88 Å². The minimum Gasteiger partial charge on any atom is -0.309 e. The van der Waals surface area contributed by atoms with E-state index < -0.39 is 16.1 Å². The van der Waals surface area contributed by atoms with E-state index >= 15 is 0 Å². The van der Waals surface area contributed by atoms with Gasteiger partial charge in [0.15, 0.2) is 0 Å². The number of non-ortho nitro benzene ring substituents is 1. The summed E-state index contributed by atoms with van der Waals surface area (Å²) in [4.78, 5) is 35.1. The van der Waals surface area contributed by atoms with Crippen LogP contribution in [0.1, 0.15) is 5.56 Å². The second kappa shape index (κ2) is 8.84. The lowest BCUT2D eigenvalue weighted by atomic mass is 10.1. The van der Waals surface area contributed by atoms with Gasteiger partial charge in [0.2, 0.25) is 0 Å². The molecule has 0 aliphatic carbocycles. The molecular weight excluding hydrogens is 450 g/mol. The second-order valence-corrected chi connectivity index (χ2v) is 8.54. The smallest absolute Gasteiger partial charge is 0.290 e. The van der Waals surface area contributed by atoms with Crippen molar-refractivity contribution in [1.29, 1.82) is 0 Å². The van der Waals surface area contributed by atoms with Gasteiger partial charge in [0.05, 0.1) is 21.2 Å². The Morgan fingerprint density at radius 2 is 1.47 bits per heavy atom. The number of amides is 2. The Morgan fingerprint density at radius 3 is 2.03 bits per heavy atom. The lowest BCUT2D eigenvalue weighted by molar-refractivity contribution is -0.384. The van der Waals surface area contributed by atoms with Gasteiger partial charge in [-0.25, -0.2) is 0 Å². The molecule has 5 rings (SSSR count). The zero-order chi connectivity index (χ0) is 23.7. The van der Waals surface area contributed by atoms with Gasteiger partial charge in [-0.15, -0.1) is 0 Å². The number of benzene rings is 3. The molecule has 0 saturated carbocycles. The zero-order valence-corrected chi connectivity index (χ0v) is 18.5. The maximum Gasteiger partial charge on any atom is 0.290 e. The van der Waals surface area contributed by atoms with E-state index in [1.807, 2.05) is 71.3 Å². The molecule has 1 aliphatic rings. The first kappa shape index (κ1) is 21.4. The first-order valence-corrected chi connectivity index (χ1v) is 11.2. The molecule has 0 radical (unpaired) electrons. The number of aromatic nitrogens is 1. The van der Waals surface area contributed by atoms with E-state index in [0.29, 0.717) is 4.91 Å². The largest absolute Gasteiger partial charge is 0.309 e. The van der Waals surface area contributed by atoms with Crippen molar-refractivity contribution in [2.75, 3.05) is 0 Å². The molecule has 0 spiro atoms. The summed E-state index contributed by atoms with van der Waals surface area (Å²) in [6, 6.07) is 27.7. The van der Waals surface area contributed by atoms with E-state index in [4.69, 9.17) is 0 Å². The zero-order valence-electron chi connectivity index (χ0n) is 17.7. The number of nitrogens with one attached hydrogen (secondary N) is 1. The topological polar surface area (TPSA) is 94.2 Å². The fourth-order valence-corrected chi connectivity index (χ4v) is 4.58. The van der Waals surface area contributed by atoms with Crippen LogP contribution in [-0.2, 0) is 4.79 Å². The van der Waals surface area contributed by atoms with Crippen molar-refractivity contribution < 1.29 is 14.5 Å². The van der Waals surface area contributed by atoms with Crippen LogP contribution in [0.5, 0.6) is 0 Å². The number of carbonyl (C=O) groups excluding carboxylic acids is 2. The summed E-state index contributed by atoms with van der Waals surface area (Å²) in [6.07, 6.45) is 1.71. The van der Waals surface area contributed by atoms with Gasteiger partial charge in [-0.2, -0.15) is 0 Å². The maximum atomic E-state index is 12.3. The van der Waals surface area contributed by atoms with Crippen molar-refractivity contribution in [3.8, 4) is 28.2 Å². The number of hydrogen-bond donors (Lipinski definition) is 1. The van der Waals surface area contributed by atoms with Gasteiger partial charge in [0, 0.05) is 23.4 Å². The Morgan fingerprint density at radius 1 is 0.853 bits per heavy atom. The highest BCUT2D eigenvalue weighted by atomic mass is 32.2. The maximum absolute atomic E-state index is 12.3. The molecule has 1 aliphatic heterocycles. The number of thioether (sulfide) groups is 1. The number of hydrogen-bond acceptors (Lipinski definition) is 5. The third-order valence-electron chi connectivity index (χ3n) is 5.39. The van der Waals surface area contributed by atoms with Crippen LogP contribution in [-0.4, -0.2) is 20.6 Å². The number of nitro benzene ring substituents is 1. The van der Waals surface area contributed by atoms with Crippen molar-refractivity contribution in [3.63, 3.8) is 0 Å². The van der Waals surface area contributed by atoms with Gasteiger partial charge in [-0.05, 0) is 47.2 Å². The van der Waals surface area contributed by atoms with E-state index in [9.17, 15) is 19.7 Å². The Bertz CT molecular complexity index is 1440. The number of nitro groups is 1. The van der Waals surface area contributed by atoms with E-state index in [0.717, 1.165) is 45.5 Å². The van der Waals surface area contributed by atoms with Crippen LogP contribution >= 0.6 is 11.8 Å². The number of imide groups is 1. The van der Waals surface area contributed by atoms with Crippen LogP contribution in [0.4, 0.5) is 10.5 Å². The summed E-state index contributed by atoms with van der Waals surface area (Å²) in [5, 5.41) is 13.1. The summed E-state index contributed by atoms with van der Waals surface area (Å²) in [5.41, 5.74) is 4.94. The van der Waals surface area contributed by atoms with Gasteiger partial charge in [0.1, 0.15) is 0 Å². The molecule has 8 heteroatoms. The van der Waals surface area contributed by atoms with Crippen LogP contribution in [0.25, 0.3) is 34.3 Å². The van der Waals surface area contributed by atoms with Gasteiger partial charge in [0.25, 0.3) is 16.8 Å². The minimum atomic E-state index is -0.432. The molecule has 7 nitrogen and oxygen atoms in total. The highest BCUT2D eigenvalue weighted by Crippen LogP contribution is 2.38. The molecule has 2 heterocycles. The first-order valence-electron chi connectivity index (χ1n) is 10.4. The number of nitrogens with zero attached hydrogens (tertiary/aromatic N) is 2. The lowest BCUT2D eigenvalue weighted by Gasteiger charge is -2.15. The van der Waals surface area contributed by atoms with Gasteiger partial charge < -0.3 is 4.57 Å². The summed E-state index contributed by atoms with van der Waals surface area (Å²) < 4.78 is 2.01.